The number of fused-ring (bicyclic) bond motifs is 1. The van der Waals surface area contributed by atoms with Crippen LogP contribution in [-0.4, -0.2) is 32.7 Å². The Morgan fingerprint density at radius 2 is 1.85 bits per heavy atom. The number of rotatable bonds is 5. The molecule has 2 aromatic carbocycles. The Hall–Kier alpha value is -3.08. The van der Waals surface area contributed by atoms with Gasteiger partial charge in [0.2, 0.25) is 0 Å². The Morgan fingerprint density at radius 3 is 2.58 bits per heavy atom. The second-order valence-corrected chi connectivity index (χ2v) is 6.54. The van der Waals surface area contributed by atoms with Gasteiger partial charge in [0, 0.05) is 17.7 Å². The van der Waals surface area contributed by atoms with Crippen LogP contribution in [0.15, 0.2) is 54.6 Å². The van der Waals surface area contributed by atoms with Gasteiger partial charge in [0.05, 0.1) is 6.04 Å². The van der Waals surface area contributed by atoms with E-state index in [4.69, 9.17) is 0 Å². The maximum absolute atomic E-state index is 13.0. The molecule has 1 aliphatic rings. The Labute approximate surface area is 152 Å². The molecule has 4 rings (SSSR count). The zero-order valence-electron chi connectivity index (χ0n) is 14.6. The highest BCUT2D eigenvalue weighted by Crippen LogP contribution is 2.44. The lowest BCUT2D eigenvalue weighted by atomic mass is 9.95. The number of amides is 1. The van der Waals surface area contributed by atoms with E-state index in [0.717, 1.165) is 24.0 Å². The summed E-state index contributed by atoms with van der Waals surface area (Å²) in [4.78, 5) is 14.9. The molecule has 1 unspecified atom stereocenters. The van der Waals surface area contributed by atoms with Crippen LogP contribution in [0.3, 0.4) is 0 Å². The first-order chi connectivity index (χ1) is 12.7. The number of H-pyrrole nitrogens is 1. The molecule has 3 aromatic rings. The number of hydrogen-bond acceptors (Lipinski definition) is 3. The minimum Gasteiger partial charge on any atom is -0.507 e. The quantitative estimate of drug-likeness (QED) is 0.729. The molecular weight excluding hydrogens is 326 g/mol. The number of phenols is 1. The number of benzene rings is 2. The van der Waals surface area contributed by atoms with Gasteiger partial charge in [-0.1, -0.05) is 55.8 Å². The third-order valence-corrected chi connectivity index (χ3v) is 4.89. The van der Waals surface area contributed by atoms with Crippen molar-refractivity contribution in [1.29, 1.82) is 0 Å². The summed E-state index contributed by atoms with van der Waals surface area (Å²) in [6.45, 7) is 2.81. The summed E-state index contributed by atoms with van der Waals surface area (Å²) in [7, 11) is 0. The number of para-hydroxylation sites is 1. The third kappa shape index (κ3) is 2.56. The first-order valence-corrected chi connectivity index (χ1v) is 8.95. The maximum atomic E-state index is 13.0. The summed E-state index contributed by atoms with van der Waals surface area (Å²) in [6.07, 6.45) is 1.96. The van der Waals surface area contributed by atoms with Crippen LogP contribution in [-0.2, 0) is 0 Å². The average molecular weight is 347 g/mol. The predicted octanol–water partition coefficient (Wildman–Crippen LogP) is 4.13. The maximum Gasteiger partial charge on any atom is 0.273 e. The van der Waals surface area contributed by atoms with E-state index in [1.54, 1.807) is 12.1 Å². The van der Waals surface area contributed by atoms with Gasteiger partial charge < -0.3 is 10.0 Å². The molecule has 1 aromatic heterocycles. The predicted molar refractivity (Wildman–Crippen MR) is 99.9 cm³/mol. The highest BCUT2D eigenvalue weighted by Gasteiger charge is 2.41. The van der Waals surface area contributed by atoms with Gasteiger partial charge in [-0.2, -0.15) is 5.10 Å². The lowest BCUT2D eigenvalue weighted by molar-refractivity contribution is 0.0741. The second-order valence-electron chi connectivity index (χ2n) is 6.54. The van der Waals surface area contributed by atoms with Crippen LogP contribution in [0.4, 0.5) is 0 Å². The van der Waals surface area contributed by atoms with E-state index in [1.807, 2.05) is 47.4 Å². The van der Waals surface area contributed by atoms with E-state index in [9.17, 15) is 9.90 Å². The molecule has 2 heterocycles. The van der Waals surface area contributed by atoms with Crippen molar-refractivity contribution in [3.05, 3.63) is 71.4 Å². The number of aromatic hydroxyl groups is 1. The Kier molecular flexibility index (Phi) is 4.21. The van der Waals surface area contributed by atoms with Crippen LogP contribution in [0.5, 0.6) is 5.75 Å². The molecule has 1 aliphatic heterocycles. The first kappa shape index (κ1) is 16.4. The van der Waals surface area contributed by atoms with Gasteiger partial charge >= 0.3 is 0 Å². The van der Waals surface area contributed by atoms with Crippen LogP contribution in [0.25, 0.3) is 11.3 Å². The topological polar surface area (TPSA) is 69.2 Å². The lowest BCUT2D eigenvalue weighted by Gasteiger charge is -2.26. The minimum absolute atomic E-state index is 0.0310. The molecule has 5 heteroatoms. The summed E-state index contributed by atoms with van der Waals surface area (Å²) in [6, 6.07) is 16.9. The number of carbonyl (C=O) groups is 1. The second kappa shape index (κ2) is 6.67. The number of unbranched alkanes of at least 4 members (excludes halogenated alkanes) is 1. The normalized spacial score (nSPS) is 16.1. The fourth-order valence-electron chi connectivity index (χ4n) is 3.62. The molecule has 2 N–H and O–H groups in total. The van der Waals surface area contributed by atoms with Crippen molar-refractivity contribution in [3.63, 3.8) is 0 Å². The van der Waals surface area contributed by atoms with E-state index in [-0.39, 0.29) is 17.7 Å². The monoisotopic (exact) mass is 347 g/mol. The molecule has 0 saturated carbocycles. The van der Waals surface area contributed by atoms with Gasteiger partial charge in [-0.15, -0.1) is 0 Å². The Bertz CT molecular complexity index is 933. The standard InChI is InChI=1S/C21H21N3O2/c1-2-3-13-24-20(14-9-5-4-6-10-14)17-18(22-23-19(17)21(24)26)15-11-7-8-12-16(15)25/h4-12,20,25H,2-3,13H2,1H3,(H,22,23). The number of carbonyl (C=O) groups excluding carboxylic acids is 1. The summed E-state index contributed by atoms with van der Waals surface area (Å²) in [5.41, 5.74) is 3.69. The molecule has 0 radical (unpaired) electrons. The number of aromatic nitrogens is 2. The van der Waals surface area contributed by atoms with Crippen molar-refractivity contribution < 1.29 is 9.90 Å². The molecule has 5 nitrogen and oxygen atoms in total. The number of hydrogen-bond donors (Lipinski definition) is 2. The lowest BCUT2D eigenvalue weighted by Crippen LogP contribution is -2.30. The fourth-order valence-corrected chi connectivity index (χ4v) is 3.62. The summed E-state index contributed by atoms with van der Waals surface area (Å²) in [5.74, 6) is 0.129. The average Bonchev–Trinajstić information content (AvgIpc) is 3.20. The summed E-state index contributed by atoms with van der Waals surface area (Å²) >= 11 is 0. The summed E-state index contributed by atoms with van der Waals surface area (Å²) in [5, 5.41) is 17.6. The number of aromatic amines is 1. The molecule has 0 aliphatic carbocycles. The van der Waals surface area contributed by atoms with Crippen molar-refractivity contribution in [2.75, 3.05) is 6.54 Å². The zero-order valence-corrected chi connectivity index (χ0v) is 14.6. The number of nitrogens with zero attached hydrogens (tertiary/aromatic N) is 2. The SMILES string of the molecule is CCCCN1C(=O)c2[nH]nc(-c3ccccc3O)c2C1c1ccccc1. The van der Waals surface area contributed by atoms with Crippen LogP contribution in [0, 0.1) is 0 Å². The van der Waals surface area contributed by atoms with Gasteiger partial charge in [0.25, 0.3) is 5.91 Å². The largest absolute Gasteiger partial charge is 0.507 e. The molecule has 0 bridgehead atoms. The van der Waals surface area contributed by atoms with Gasteiger partial charge in [-0.05, 0) is 24.1 Å². The highest BCUT2D eigenvalue weighted by molar-refractivity contribution is 6.00. The van der Waals surface area contributed by atoms with E-state index in [2.05, 4.69) is 17.1 Å². The van der Waals surface area contributed by atoms with Gasteiger partial charge in [0.1, 0.15) is 17.1 Å². The first-order valence-electron chi connectivity index (χ1n) is 8.95. The molecule has 132 valence electrons. The highest BCUT2D eigenvalue weighted by atomic mass is 16.3. The van der Waals surface area contributed by atoms with E-state index in [0.29, 0.717) is 23.5 Å². The number of phenolic OH excluding ortho intramolecular Hbond substituents is 1. The molecule has 1 atom stereocenters. The van der Waals surface area contributed by atoms with Crippen molar-refractivity contribution in [3.8, 4) is 17.0 Å². The molecule has 0 spiro atoms. The molecule has 26 heavy (non-hydrogen) atoms. The van der Waals surface area contributed by atoms with Crippen molar-refractivity contribution >= 4 is 5.91 Å². The van der Waals surface area contributed by atoms with Gasteiger partial charge in [-0.25, -0.2) is 0 Å². The van der Waals surface area contributed by atoms with Gasteiger partial charge in [0.15, 0.2) is 0 Å². The van der Waals surface area contributed by atoms with E-state index in [1.165, 1.54) is 0 Å². The van der Waals surface area contributed by atoms with Crippen molar-refractivity contribution in [2.45, 2.75) is 25.8 Å². The van der Waals surface area contributed by atoms with Crippen LogP contribution >= 0.6 is 0 Å². The number of nitrogens with one attached hydrogen (secondary N) is 1. The van der Waals surface area contributed by atoms with Crippen molar-refractivity contribution in [1.82, 2.24) is 15.1 Å². The zero-order chi connectivity index (χ0) is 18.1. The molecular formula is C21H21N3O2. The minimum atomic E-state index is -0.196. The molecule has 0 fully saturated rings. The molecule has 1 amide bonds. The van der Waals surface area contributed by atoms with E-state index < -0.39 is 0 Å². The molecule has 0 saturated heterocycles. The van der Waals surface area contributed by atoms with Crippen molar-refractivity contribution in [2.24, 2.45) is 0 Å². The van der Waals surface area contributed by atoms with Crippen LogP contribution < -0.4 is 0 Å². The third-order valence-electron chi connectivity index (χ3n) is 4.89. The smallest absolute Gasteiger partial charge is 0.273 e. The Balaban J connectivity index is 1.88. The fraction of sp³-hybridized carbons (Fsp3) is 0.238. The van der Waals surface area contributed by atoms with E-state index >= 15 is 0 Å². The van der Waals surface area contributed by atoms with Crippen LogP contribution in [0.2, 0.25) is 0 Å². The Morgan fingerprint density at radius 1 is 1.12 bits per heavy atom. The van der Waals surface area contributed by atoms with Gasteiger partial charge in [-0.3, -0.25) is 9.89 Å². The van der Waals surface area contributed by atoms with Crippen LogP contribution in [0.1, 0.15) is 47.4 Å². The summed E-state index contributed by atoms with van der Waals surface area (Å²) < 4.78 is 0.